The first-order valence-electron chi connectivity index (χ1n) is 31.1. The predicted octanol–water partition coefficient (Wildman–Crippen LogP) is 16.1. The molecule has 76 heavy (non-hydrogen) atoms. The summed E-state index contributed by atoms with van der Waals surface area (Å²) < 4.78 is 11.3. The second-order valence-corrected chi connectivity index (χ2v) is 21.1. The molecule has 1 amide bonds. The highest BCUT2D eigenvalue weighted by molar-refractivity contribution is 5.76. The van der Waals surface area contributed by atoms with Crippen LogP contribution in [0.25, 0.3) is 0 Å². The van der Waals surface area contributed by atoms with Gasteiger partial charge in [-0.05, 0) is 96.3 Å². The molecule has 0 aromatic rings. The van der Waals surface area contributed by atoms with Crippen molar-refractivity contribution < 1.29 is 39.8 Å². The number of unbranched alkanes of at least 4 members (excludes halogenated alkanes) is 26. The molecule has 436 valence electrons. The molecule has 0 aromatic carbocycles. The maximum Gasteiger partial charge on any atom is 0.220 e. The number of rotatable bonds is 52. The third-order valence-corrected chi connectivity index (χ3v) is 14.1. The molecule has 7 atom stereocenters. The SMILES string of the molecule is CC/C=C\C/C=C\C/C=C\C/C=C\C/C=C\C/C=C\CCCCCCCCC(=O)NC(COC1OC(CO)C(O)C(O)C1O)C(O)/C=C/CC/C=C/CC/C=C/CCCCCCCCCCCCCCCCCCCC. The van der Waals surface area contributed by atoms with Gasteiger partial charge in [-0.15, -0.1) is 0 Å². The number of ether oxygens (including phenoxy) is 2. The first kappa shape index (κ1) is 70.9. The molecule has 7 unspecified atom stereocenters. The average molecular weight is 1060 g/mol. The molecular formula is C67H115NO8. The van der Waals surface area contributed by atoms with Gasteiger partial charge in [0.15, 0.2) is 6.29 Å². The summed E-state index contributed by atoms with van der Waals surface area (Å²) in [6, 6.07) is -0.846. The van der Waals surface area contributed by atoms with Crippen LogP contribution in [0.4, 0.5) is 0 Å². The quantitative estimate of drug-likeness (QED) is 0.0261. The number of nitrogens with one attached hydrogen (secondary N) is 1. The number of amides is 1. The molecule has 0 saturated carbocycles. The van der Waals surface area contributed by atoms with Gasteiger partial charge in [0.05, 0.1) is 25.4 Å². The zero-order valence-electron chi connectivity index (χ0n) is 48.5. The number of carbonyl (C=O) groups excluding carboxylic acids is 1. The molecule has 0 aromatic heterocycles. The van der Waals surface area contributed by atoms with Gasteiger partial charge in [-0.25, -0.2) is 0 Å². The second-order valence-electron chi connectivity index (χ2n) is 21.1. The fourth-order valence-corrected chi connectivity index (χ4v) is 9.19. The van der Waals surface area contributed by atoms with Crippen LogP contribution in [0.3, 0.4) is 0 Å². The molecule has 6 N–H and O–H groups in total. The number of aliphatic hydroxyl groups excluding tert-OH is 5. The third kappa shape index (κ3) is 43.8. The van der Waals surface area contributed by atoms with E-state index >= 15 is 0 Å². The van der Waals surface area contributed by atoms with E-state index in [1.807, 2.05) is 6.08 Å². The Balaban J connectivity index is 2.26. The zero-order valence-corrected chi connectivity index (χ0v) is 48.5. The van der Waals surface area contributed by atoms with Gasteiger partial charge in [0.2, 0.25) is 5.91 Å². The summed E-state index contributed by atoms with van der Waals surface area (Å²) in [6.45, 7) is 3.64. The lowest BCUT2D eigenvalue weighted by molar-refractivity contribution is -0.302. The summed E-state index contributed by atoms with van der Waals surface area (Å²) in [6.07, 6.45) is 74.5. The van der Waals surface area contributed by atoms with Gasteiger partial charge in [-0.2, -0.15) is 0 Å². The maximum absolute atomic E-state index is 13.1. The summed E-state index contributed by atoms with van der Waals surface area (Å²) in [7, 11) is 0. The van der Waals surface area contributed by atoms with Crippen molar-refractivity contribution in [2.45, 2.75) is 294 Å². The van der Waals surface area contributed by atoms with Crippen LogP contribution >= 0.6 is 0 Å². The van der Waals surface area contributed by atoms with Crippen molar-refractivity contribution in [1.29, 1.82) is 0 Å². The smallest absolute Gasteiger partial charge is 0.220 e. The van der Waals surface area contributed by atoms with Crippen molar-refractivity contribution in [3.05, 3.63) is 109 Å². The molecule has 9 heteroatoms. The minimum atomic E-state index is -1.59. The Kier molecular flexibility index (Phi) is 51.4. The van der Waals surface area contributed by atoms with Crippen LogP contribution < -0.4 is 5.32 Å². The van der Waals surface area contributed by atoms with E-state index in [0.717, 1.165) is 116 Å². The van der Waals surface area contributed by atoms with Crippen LogP contribution in [0, 0.1) is 0 Å². The number of hydrogen-bond acceptors (Lipinski definition) is 8. The van der Waals surface area contributed by atoms with Crippen molar-refractivity contribution in [2.24, 2.45) is 0 Å². The molecular weight excluding hydrogens is 947 g/mol. The Morgan fingerprint density at radius 3 is 1.26 bits per heavy atom. The van der Waals surface area contributed by atoms with Gasteiger partial charge in [0, 0.05) is 6.42 Å². The average Bonchev–Trinajstić information content (AvgIpc) is 3.42. The van der Waals surface area contributed by atoms with E-state index in [4.69, 9.17) is 9.47 Å². The van der Waals surface area contributed by atoms with Gasteiger partial charge < -0.3 is 40.3 Å². The minimum Gasteiger partial charge on any atom is -0.394 e. The van der Waals surface area contributed by atoms with Crippen LogP contribution in [0.1, 0.15) is 251 Å². The van der Waals surface area contributed by atoms with E-state index < -0.39 is 49.5 Å². The highest BCUT2D eigenvalue weighted by Gasteiger charge is 2.44. The van der Waals surface area contributed by atoms with E-state index in [-0.39, 0.29) is 12.5 Å². The van der Waals surface area contributed by atoms with Crippen LogP contribution in [0.15, 0.2) is 109 Å². The van der Waals surface area contributed by atoms with Crippen molar-refractivity contribution >= 4 is 5.91 Å². The Morgan fingerprint density at radius 1 is 0.461 bits per heavy atom. The molecule has 0 bridgehead atoms. The first-order chi connectivity index (χ1) is 37.3. The van der Waals surface area contributed by atoms with Crippen molar-refractivity contribution in [3.8, 4) is 0 Å². The monoisotopic (exact) mass is 1060 g/mol. The highest BCUT2D eigenvalue weighted by atomic mass is 16.7. The number of hydrogen-bond donors (Lipinski definition) is 6. The van der Waals surface area contributed by atoms with Gasteiger partial charge in [-0.3, -0.25) is 4.79 Å². The third-order valence-electron chi connectivity index (χ3n) is 14.1. The number of allylic oxidation sites excluding steroid dienone is 17. The van der Waals surface area contributed by atoms with E-state index in [1.54, 1.807) is 6.08 Å². The zero-order chi connectivity index (χ0) is 55.0. The van der Waals surface area contributed by atoms with Crippen molar-refractivity contribution in [3.63, 3.8) is 0 Å². The van der Waals surface area contributed by atoms with Crippen LogP contribution in [-0.2, 0) is 14.3 Å². The number of aliphatic hydroxyl groups is 5. The van der Waals surface area contributed by atoms with Gasteiger partial charge in [-0.1, -0.05) is 258 Å². The van der Waals surface area contributed by atoms with E-state index in [0.29, 0.717) is 6.42 Å². The molecule has 1 heterocycles. The molecule has 1 saturated heterocycles. The molecule has 9 nitrogen and oxygen atoms in total. The summed E-state index contributed by atoms with van der Waals surface area (Å²) in [4.78, 5) is 13.1. The maximum atomic E-state index is 13.1. The Labute approximate surface area is 466 Å². The van der Waals surface area contributed by atoms with Crippen LogP contribution in [-0.4, -0.2) is 87.5 Å². The topological polar surface area (TPSA) is 149 Å². The Bertz CT molecular complexity index is 1560. The Hall–Kier alpha value is -3.15. The van der Waals surface area contributed by atoms with Crippen LogP contribution in [0.5, 0.6) is 0 Å². The predicted molar refractivity (Wildman–Crippen MR) is 322 cm³/mol. The largest absolute Gasteiger partial charge is 0.394 e. The molecule has 1 rings (SSSR count). The van der Waals surface area contributed by atoms with Crippen molar-refractivity contribution in [2.75, 3.05) is 13.2 Å². The van der Waals surface area contributed by atoms with Crippen molar-refractivity contribution in [1.82, 2.24) is 5.32 Å². The summed E-state index contributed by atoms with van der Waals surface area (Å²) >= 11 is 0. The molecule has 0 spiro atoms. The van der Waals surface area contributed by atoms with E-state index in [9.17, 15) is 30.3 Å². The normalized spacial score (nSPS) is 19.6. The number of carbonyl (C=O) groups is 1. The van der Waals surface area contributed by atoms with Crippen LogP contribution in [0.2, 0.25) is 0 Å². The molecule has 0 radical (unpaired) electrons. The fraction of sp³-hybridized carbons (Fsp3) is 0.716. The molecule has 1 aliphatic rings. The van der Waals surface area contributed by atoms with Gasteiger partial charge in [0.1, 0.15) is 24.4 Å². The fourth-order valence-electron chi connectivity index (χ4n) is 9.19. The molecule has 0 aliphatic carbocycles. The molecule has 1 fully saturated rings. The van der Waals surface area contributed by atoms with Gasteiger partial charge in [0.25, 0.3) is 0 Å². The Morgan fingerprint density at radius 2 is 0.829 bits per heavy atom. The van der Waals surface area contributed by atoms with E-state index in [2.05, 4.69) is 116 Å². The lowest BCUT2D eigenvalue weighted by Gasteiger charge is -2.40. The summed E-state index contributed by atoms with van der Waals surface area (Å²) in [5, 5.41) is 54.6. The first-order valence-corrected chi connectivity index (χ1v) is 31.1. The highest BCUT2D eigenvalue weighted by Crippen LogP contribution is 2.23. The van der Waals surface area contributed by atoms with Gasteiger partial charge >= 0.3 is 0 Å². The lowest BCUT2D eigenvalue weighted by atomic mass is 9.99. The summed E-state index contributed by atoms with van der Waals surface area (Å²) in [5.74, 6) is -0.208. The second kappa shape index (κ2) is 55.2. The molecule has 1 aliphatic heterocycles. The standard InChI is InChI=1S/C67H115NO8/c1-3-5-7-9-11-13-15-17-19-21-23-25-27-29-30-31-33-34-36-38-40-42-44-46-48-50-52-54-56-61(70)60(59-75-67-66(74)65(73)64(72)62(58-69)76-67)68-63(71)57-55-53-51-49-47-45-43-41-39-37-35-32-28-26-24-22-20-18-16-14-12-10-8-6-4-2/h6,8,12,14,18,20,24,26,32,35,38-41,46,48,54,56,60-62,64-67,69-70,72-74H,3-5,7,9-11,13,15-17,19,21-23,25,27-31,33-34,36-37,42-45,47,49-53,55,57-59H2,1-2H3,(H,68,71)/b8-6-,14-12-,20-18-,26-24-,35-32-,40-38+,41-39-,48-46+,56-54+. The summed E-state index contributed by atoms with van der Waals surface area (Å²) in [5.41, 5.74) is 0. The van der Waals surface area contributed by atoms with E-state index in [1.165, 1.54) is 116 Å². The minimum absolute atomic E-state index is 0.208. The lowest BCUT2D eigenvalue weighted by Crippen LogP contribution is -2.60.